The Hall–Kier alpha value is -1.11. The number of sulfonamides is 1. The predicted octanol–water partition coefficient (Wildman–Crippen LogP) is 1.72. The third kappa shape index (κ3) is 4.19. The van der Waals surface area contributed by atoms with E-state index >= 15 is 0 Å². The molecular formula is C14H24N2O3S. The van der Waals surface area contributed by atoms with E-state index in [1.165, 1.54) is 13.2 Å². The molecule has 1 rings (SSSR count). The number of nitrogens with one attached hydrogen (secondary N) is 1. The Bertz CT molecular complexity index is 541. The number of benzene rings is 1. The number of hydrogen-bond donors (Lipinski definition) is 2. The van der Waals surface area contributed by atoms with Crippen LogP contribution in [0.25, 0.3) is 0 Å². The molecule has 0 amide bonds. The zero-order valence-corrected chi connectivity index (χ0v) is 13.3. The fourth-order valence-electron chi connectivity index (χ4n) is 1.62. The van der Waals surface area contributed by atoms with Crippen LogP contribution in [0.1, 0.15) is 26.3 Å². The van der Waals surface area contributed by atoms with Gasteiger partial charge in [-0.1, -0.05) is 26.8 Å². The van der Waals surface area contributed by atoms with Crippen molar-refractivity contribution in [2.24, 2.45) is 17.6 Å². The molecule has 114 valence electrons. The molecule has 0 aliphatic heterocycles. The minimum atomic E-state index is -3.57. The third-order valence-corrected chi connectivity index (χ3v) is 4.95. The van der Waals surface area contributed by atoms with Gasteiger partial charge in [-0.25, -0.2) is 13.1 Å². The fourth-order valence-corrected chi connectivity index (χ4v) is 2.91. The van der Waals surface area contributed by atoms with Crippen LogP contribution in [0.3, 0.4) is 0 Å². The van der Waals surface area contributed by atoms with Gasteiger partial charge in [0.05, 0.1) is 7.11 Å². The SMILES string of the molecule is COc1cc(CN)ccc1S(=O)(=O)NCC(C)C(C)C. The van der Waals surface area contributed by atoms with Crippen LogP contribution in [-0.2, 0) is 16.6 Å². The Morgan fingerprint density at radius 1 is 1.30 bits per heavy atom. The summed E-state index contributed by atoms with van der Waals surface area (Å²) in [5.41, 5.74) is 6.37. The van der Waals surface area contributed by atoms with E-state index in [-0.39, 0.29) is 10.8 Å². The summed E-state index contributed by atoms with van der Waals surface area (Å²) in [7, 11) is -2.12. The molecule has 0 saturated heterocycles. The Kier molecular flexibility index (Phi) is 5.98. The summed E-state index contributed by atoms with van der Waals surface area (Å²) in [6, 6.07) is 4.88. The fraction of sp³-hybridized carbons (Fsp3) is 0.571. The maximum Gasteiger partial charge on any atom is 0.244 e. The van der Waals surface area contributed by atoms with Gasteiger partial charge in [-0.15, -0.1) is 0 Å². The van der Waals surface area contributed by atoms with Crippen molar-refractivity contribution in [3.8, 4) is 5.75 Å². The number of rotatable bonds is 7. The molecule has 0 saturated carbocycles. The summed E-state index contributed by atoms with van der Waals surface area (Å²) in [6.45, 7) is 6.89. The lowest BCUT2D eigenvalue weighted by Gasteiger charge is -2.17. The lowest BCUT2D eigenvalue weighted by atomic mass is 9.99. The third-order valence-electron chi connectivity index (χ3n) is 3.49. The maximum absolute atomic E-state index is 12.3. The Morgan fingerprint density at radius 3 is 2.45 bits per heavy atom. The summed E-state index contributed by atoms with van der Waals surface area (Å²) in [6.07, 6.45) is 0. The van der Waals surface area contributed by atoms with Crippen molar-refractivity contribution in [2.75, 3.05) is 13.7 Å². The van der Waals surface area contributed by atoms with Crippen molar-refractivity contribution in [2.45, 2.75) is 32.2 Å². The summed E-state index contributed by atoms with van der Waals surface area (Å²) in [5.74, 6) is 0.996. The summed E-state index contributed by atoms with van der Waals surface area (Å²) < 4.78 is 32.4. The van der Waals surface area contributed by atoms with Gasteiger partial charge < -0.3 is 10.5 Å². The van der Waals surface area contributed by atoms with Crippen molar-refractivity contribution in [1.29, 1.82) is 0 Å². The van der Waals surface area contributed by atoms with Gasteiger partial charge in [0.15, 0.2) is 0 Å². The van der Waals surface area contributed by atoms with Crippen LogP contribution >= 0.6 is 0 Å². The van der Waals surface area contributed by atoms with Gasteiger partial charge >= 0.3 is 0 Å². The molecular weight excluding hydrogens is 276 g/mol. The zero-order chi connectivity index (χ0) is 15.3. The molecule has 6 heteroatoms. The normalized spacial score (nSPS) is 13.5. The lowest BCUT2D eigenvalue weighted by Crippen LogP contribution is -2.30. The van der Waals surface area contributed by atoms with Gasteiger partial charge in [-0.2, -0.15) is 0 Å². The lowest BCUT2D eigenvalue weighted by molar-refractivity contribution is 0.399. The standard InChI is InChI=1S/C14H24N2O3S/c1-10(2)11(3)9-16-20(17,18)14-6-5-12(8-15)7-13(14)19-4/h5-7,10-11,16H,8-9,15H2,1-4H3. The minimum absolute atomic E-state index is 0.146. The maximum atomic E-state index is 12.3. The second kappa shape index (κ2) is 7.06. The van der Waals surface area contributed by atoms with Crippen molar-refractivity contribution >= 4 is 10.0 Å². The zero-order valence-electron chi connectivity index (χ0n) is 12.5. The molecule has 3 N–H and O–H groups in total. The Balaban J connectivity index is 2.97. The van der Waals surface area contributed by atoms with Crippen LogP contribution in [0, 0.1) is 11.8 Å². The second-order valence-corrected chi connectivity index (χ2v) is 7.00. The highest BCUT2D eigenvalue weighted by Crippen LogP contribution is 2.25. The molecule has 1 atom stereocenters. The quantitative estimate of drug-likeness (QED) is 0.803. The molecule has 0 radical (unpaired) electrons. The van der Waals surface area contributed by atoms with Gasteiger partial charge in [0.1, 0.15) is 10.6 Å². The van der Waals surface area contributed by atoms with Crippen molar-refractivity contribution in [3.63, 3.8) is 0 Å². The highest BCUT2D eigenvalue weighted by atomic mass is 32.2. The summed E-state index contributed by atoms with van der Waals surface area (Å²) in [4.78, 5) is 0.146. The van der Waals surface area contributed by atoms with Crippen LogP contribution in [0.4, 0.5) is 0 Å². The van der Waals surface area contributed by atoms with E-state index in [1.54, 1.807) is 12.1 Å². The van der Waals surface area contributed by atoms with Crippen molar-refractivity contribution in [1.82, 2.24) is 4.72 Å². The van der Waals surface area contributed by atoms with Crippen LogP contribution in [0.5, 0.6) is 5.75 Å². The van der Waals surface area contributed by atoms with E-state index in [2.05, 4.69) is 18.6 Å². The molecule has 5 nitrogen and oxygen atoms in total. The molecule has 0 spiro atoms. The average Bonchev–Trinajstić information content (AvgIpc) is 2.43. The molecule has 1 aromatic rings. The first-order valence-corrected chi connectivity index (χ1v) is 8.16. The predicted molar refractivity (Wildman–Crippen MR) is 80.1 cm³/mol. The number of nitrogens with two attached hydrogens (primary N) is 1. The number of ether oxygens (including phenoxy) is 1. The van der Waals surface area contributed by atoms with Crippen LogP contribution in [0.2, 0.25) is 0 Å². The highest BCUT2D eigenvalue weighted by Gasteiger charge is 2.20. The van der Waals surface area contributed by atoms with E-state index in [9.17, 15) is 8.42 Å². The van der Waals surface area contributed by atoms with Crippen molar-refractivity contribution in [3.05, 3.63) is 23.8 Å². The molecule has 20 heavy (non-hydrogen) atoms. The first-order chi connectivity index (χ1) is 9.31. The molecule has 1 unspecified atom stereocenters. The molecule has 0 aromatic heterocycles. The van der Waals surface area contributed by atoms with E-state index in [0.717, 1.165) is 5.56 Å². The van der Waals surface area contributed by atoms with Gasteiger partial charge in [0.25, 0.3) is 0 Å². The molecule has 0 aliphatic rings. The molecule has 0 bridgehead atoms. The Labute approximate surface area is 121 Å². The van der Waals surface area contributed by atoms with Crippen molar-refractivity contribution < 1.29 is 13.2 Å². The van der Waals surface area contributed by atoms with Gasteiger partial charge in [-0.3, -0.25) is 0 Å². The van der Waals surface area contributed by atoms with Gasteiger partial charge in [0.2, 0.25) is 10.0 Å². The van der Waals surface area contributed by atoms with E-state index < -0.39 is 10.0 Å². The van der Waals surface area contributed by atoms with Gasteiger partial charge in [0, 0.05) is 13.1 Å². The molecule has 0 aliphatic carbocycles. The van der Waals surface area contributed by atoms with Crippen LogP contribution < -0.4 is 15.2 Å². The highest BCUT2D eigenvalue weighted by molar-refractivity contribution is 7.89. The second-order valence-electron chi connectivity index (χ2n) is 5.26. The monoisotopic (exact) mass is 300 g/mol. The minimum Gasteiger partial charge on any atom is -0.495 e. The largest absolute Gasteiger partial charge is 0.495 e. The smallest absolute Gasteiger partial charge is 0.244 e. The van der Waals surface area contributed by atoms with Crippen LogP contribution in [-0.4, -0.2) is 22.1 Å². The Morgan fingerprint density at radius 2 is 1.95 bits per heavy atom. The first kappa shape index (κ1) is 16.9. The molecule has 1 aromatic carbocycles. The van der Waals surface area contributed by atoms with E-state index in [0.29, 0.717) is 24.8 Å². The summed E-state index contributed by atoms with van der Waals surface area (Å²) in [5, 5.41) is 0. The topological polar surface area (TPSA) is 81.4 Å². The number of methoxy groups -OCH3 is 1. The van der Waals surface area contributed by atoms with E-state index in [4.69, 9.17) is 10.5 Å². The van der Waals surface area contributed by atoms with E-state index in [1.807, 2.05) is 6.92 Å². The first-order valence-electron chi connectivity index (χ1n) is 6.68. The molecule has 0 fully saturated rings. The summed E-state index contributed by atoms with van der Waals surface area (Å²) >= 11 is 0. The van der Waals surface area contributed by atoms with Gasteiger partial charge in [-0.05, 0) is 29.5 Å². The average molecular weight is 300 g/mol. The number of hydrogen-bond acceptors (Lipinski definition) is 4. The van der Waals surface area contributed by atoms with Crippen LogP contribution in [0.15, 0.2) is 23.1 Å². The molecule has 0 heterocycles.